The van der Waals surface area contributed by atoms with E-state index in [9.17, 15) is 14.4 Å². The summed E-state index contributed by atoms with van der Waals surface area (Å²) >= 11 is 0. The minimum atomic E-state index is -0.572. The molecule has 6 nitrogen and oxygen atoms in total. The van der Waals surface area contributed by atoms with Crippen LogP contribution >= 0.6 is 0 Å². The van der Waals surface area contributed by atoms with Crippen LogP contribution in [0.1, 0.15) is 17.3 Å². The van der Waals surface area contributed by atoms with Crippen molar-refractivity contribution in [3.05, 3.63) is 40.2 Å². The van der Waals surface area contributed by atoms with Crippen LogP contribution in [0, 0.1) is 5.92 Å². The van der Waals surface area contributed by atoms with Crippen LogP contribution in [0.4, 0.5) is 0 Å². The van der Waals surface area contributed by atoms with Crippen LogP contribution < -0.4 is 10.4 Å². The molecule has 2 aromatic rings. The Morgan fingerprint density at radius 1 is 1.38 bits per heavy atom. The Morgan fingerprint density at radius 3 is 2.81 bits per heavy atom. The summed E-state index contributed by atoms with van der Waals surface area (Å²) in [5.74, 6) is -0.691. The number of ether oxygens (including phenoxy) is 2. The monoisotopic (exact) mass is 290 g/mol. The number of esters is 1. The molecule has 0 aliphatic carbocycles. The normalized spacial score (nSPS) is 11.9. The van der Waals surface area contributed by atoms with Gasteiger partial charge in [0.15, 0.2) is 0 Å². The average molecular weight is 290 g/mol. The average Bonchev–Trinajstić information content (AvgIpc) is 2.50. The fourth-order valence-corrected chi connectivity index (χ4v) is 1.75. The van der Waals surface area contributed by atoms with Crippen molar-refractivity contribution in [2.75, 3.05) is 13.7 Å². The Balaban J connectivity index is 2.50. The molecule has 0 fully saturated rings. The molecule has 1 heterocycles. The quantitative estimate of drug-likeness (QED) is 0.474. The number of carbonyl (C=O) groups is 2. The van der Waals surface area contributed by atoms with E-state index in [-0.39, 0.29) is 23.8 Å². The van der Waals surface area contributed by atoms with Gasteiger partial charge in [-0.3, -0.25) is 0 Å². The lowest BCUT2D eigenvalue weighted by molar-refractivity contribution is -0.111. The first-order valence-electron chi connectivity index (χ1n) is 6.29. The lowest BCUT2D eigenvalue weighted by Gasteiger charge is -2.12. The molecule has 0 radical (unpaired) electrons. The molecule has 0 bridgehead atoms. The summed E-state index contributed by atoms with van der Waals surface area (Å²) < 4.78 is 15.2. The SMILES string of the molecule is COC(=O)c1cc2ccc(=O)oc2cc1OC[C@@H](C)C=O. The highest BCUT2D eigenvalue weighted by Crippen LogP contribution is 2.26. The standard InChI is InChI=1S/C15H14O6/c1-9(7-16)8-20-13-6-12-10(3-4-14(17)21-12)5-11(13)15(18)19-2/h3-7,9H,8H2,1-2H3/t9-/m0/s1. The van der Waals surface area contributed by atoms with Crippen molar-refractivity contribution in [1.82, 2.24) is 0 Å². The highest BCUT2D eigenvalue weighted by molar-refractivity contribution is 5.97. The molecule has 1 aromatic carbocycles. The topological polar surface area (TPSA) is 82.8 Å². The van der Waals surface area contributed by atoms with Gasteiger partial charge in [0.25, 0.3) is 0 Å². The van der Waals surface area contributed by atoms with Crippen LogP contribution in [0.25, 0.3) is 11.0 Å². The van der Waals surface area contributed by atoms with E-state index in [1.807, 2.05) is 0 Å². The van der Waals surface area contributed by atoms with E-state index >= 15 is 0 Å². The van der Waals surface area contributed by atoms with E-state index in [1.54, 1.807) is 13.0 Å². The Bertz CT molecular complexity index is 731. The number of hydrogen-bond donors (Lipinski definition) is 0. The molecular formula is C15H14O6. The molecule has 2 rings (SSSR count). The van der Waals surface area contributed by atoms with Crippen molar-refractivity contribution >= 4 is 23.2 Å². The van der Waals surface area contributed by atoms with E-state index in [4.69, 9.17) is 13.9 Å². The summed E-state index contributed by atoms with van der Waals surface area (Å²) in [5, 5.41) is 0.575. The minimum Gasteiger partial charge on any atom is -0.492 e. The van der Waals surface area contributed by atoms with Gasteiger partial charge in [0.1, 0.15) is 23.2 Å². The largest absolute Gasteiger partial charge is 0.492 e. The Hall–Kier alpha value is -2.63. The van der Waals surface area contributed by atoms with Crippen LogP contribution in [0.3, 0.4) is 0 Å². The molecular weight excluding hydrogens is 276 g/mol. The van der Waals surface area contributed by atoms with E-state index in [1.165, 1.54) is 25.3 Å². The third-order valence-corrected chi connectivity index (χ3v) is 2.86. The van der Waals surface area contributed by atoms with Crippen LogP contribution in [-0.2, 0) is 9.53 Å². The second-order valence-corrected chi connectivity index (χ2v) is 4.56. The predicted molar refractivity (Wildman–Crippen MR) is 74.5 cm³/mol. The molecule has 0 saturated heterocycles. The lowest BCUT2D eigenvalue weighted by atomic mass is 10.1. The number of hydrogen-bond acceptors (Lipinski definition) is 6. The molecule has 0 amide bonds. The summed E-state index contributed by atoms with van der Waals surface area (Å²) in [6.07, 6.45) is 0.749. The number of carbonyl (C=O) groups excluding carboxylic acids is 2. The molecule has 1 aromatic heterocycles. The summed E-state index contributed by atoms with van der Waals surface area (Å²) in [6, 6.07) is 5.77. The molecule has 0 aliphatic rings. The first-order chi connectivity index (χ1) is 10.0. The summed E-state index contributed by atoms with van der Waals surface area (Å²) in [6.45, 7) is 1.79. The number of fused-ring (bicyclic) bond motifs is 1. The summed E-state index contributed by atoms with van der Waals surface area (Å²) in [7, 11) is 1.26. The Morgan fingerprint density at radius 2 is 2.14 bits per heavy atom. The van der Waals surface area contributed by atoms with Gasteiger partial charge < -0.3 is 18.7 Å². The van der Waals surface area contributed by atoms with Gasteiger partial charge in [0.05, 0.1) is 13.7 Å². The lowest BCUT2D eigenvalue weighted by Crippen LogP contribution is -2.12. The maximum absolute atomic E-state index is 11.8. The first-order valence-corrected chi connectivity index (χ1v) is 6.29. The highest BCUT2D eigenvalue weighted by atomic mass is 16.5. The van der Waals surface area contributed by atoms with Crippen LogP contribution in [0.15, 0.2) is 33.5 Å². The van der Waals surface area contributed by atoms with Crippen LogP contribution in [0.5, 0.6) is 5.75 Å². The fourth-order valence-electron chi connectivity index (χ4n) is 1.75. The molecule has 0 saturated carbocycles. The molecule has 0 N–H and O–H groups in total. The molecule has 0 spiro atoms. The number of benzene rings is 1. The molecule has 21 heavy (non-hydrogen) atoms. The third kappa shape index (κ3) is 3.28. The minimum absolute atomic E-state index is 0.107. The first kappa shape index (κ1) is 14.8. The van der Waals surface area contributed by atoms with Gasteiger partial charge in [-0.2, -0.15) is 0 Å². The third-order valence-electron chi connectivity index (χ3n) is 2.86. The van der Waals surface area contributed by atoms with Gasteiger partial charge in [-0.05, 0) is 12.1 Å². The molecule has 0 aliphatic heterocycles. The molecule has 0 unspecified atom stereocenters. The molecule has 6 heteroatoms. The summed E-state index contributed by atoms with van der Waals surface area (Å²) in [4.78, 5) is 33.7. The van der Waals surface area contributed by atoms with Crippen LogP contribution in [0.2, 0.25) is 0 Å². The van der Waals surface area contributed by atoms with Gasteiger partial charge in [-0.15, -0.1) is 0 Å². The highest BCUT2D eigenvalue weighted by Gasteiger charge is 2.16. The van der Waals surface area contributed by atoms with Crippen molar-refractivity contribution in [2.45, 2.75) is 6.92 Å². The zero-order valence-corrected chi connectivity index (χ0v) is 11.6. The Kier molecular flexibility index (Phi) is 4.37. The maximum Gasteiger partial charge on any atom is 0.341 e. The molecule has 110 valence electrons. The van der Waals surface area contributed by atoms with E-state index in [0.29, 0.717) is 11.0 Å². The van der Waals surface area contributed by atoms with E-state index in [2.05, 4.69) is 0 Å². The van der Waals surface area contributed by atoms with Crippen molar-refractivity contribution < 1.29 is 23.5 Å². The van der Waals surface area contributed by atoms with Crippen molar-refractivity contribution in [3.63, 3.8) is 0 Å². The van der Waals surface area contributed by atoms with E-state index in [0.717, 1.165) is 6.29 Å². The number of aldehydes is 1. The summed E-state index contributed by atoms with van der Waals surface area (Å²) in [5.41, 5.74) is 0.00128. The van der Waals surface area contributed by atoms with Crippen molar-refractivity contribution in [2.24, 2.45) is 5.92 Å². The van der Waals surface area contributed by atoms with E-state index < -0.39 is 11.6 Å². The van der Waals surface area contributed by atoms with Crippen LogP contribution in [-0.4, -0.2) is 26.0 Å². The zero-order valence-electron chi connectivity index (χ0n) is 11.6. The van der Waals surface area contributed by atoms with Crippen molar-refractivity contribution in [3.8, 4) is 5.75 Å². The van der Waals surface area contributed by atoms with Gasteiger partial charge in [0.2, 0.25) is 0 Å². The van der Waals surface area contributed by atoms with Gasteiger partial charge in [0, 0.05) is 23.4 Å². The smallest absolute Gasteiger partial charge is 0.341 e. The van der Waals surface area contributed by atoms with Gasteiger partial charge in [-0.25, -0.2) is 9.59 Å². The van der Waals surface area contributed by atoms with Gasteiger partial charge >= 0.3 is 11.6 Å². The second kappa shape index (κ2) is 6.21. The maximum atomic E-state index is 11.8. The second-order valence-electron chi connectivity index (χ2n) is 4.56. The number of methoxy groups -OCH3 is 1. The van der Waals surface area contributed by atoms with Gasteiger partial charge in [-0.1, -0.05) is 6.92 Å². The van der Waals surface area contributed by atoms with Crippen molar-refractivity contribution in [1.29, 1.82) is 0 Å². The Labute approximate surface area is 120 Å². The zero-order chi connectivity index (χ0) is 15.4. The molecule has 1 atom stereocenters. The predicted octanol–water partition coefficient (Wildman–Crippen LogP) is 1.79. The fraction of sp³-hybridized carbons (Fsp3) is 0.267. The number of rotatable bonds is 5.